The topological polar surface area (TPSA) is 15.6 Å². The molecule has 3 aromatic carbocycles. The van der Waals surface area contributed by atoms with Crippen molar-refractivity contribution in [2.24, 2.45) is 5.10 Å². The van der Waals surface area contributed by atoms with Crippen LogP contribution >= 0.6 is 34.8 Å². The third-order valence-corrected chi connectivity index (χ3v) is 5.30. The van der Waals surface area contributed by atoms with Crippen LogP contribution in [0.5, 0.6) is 0 Å². The van der Waals surface area contributed by atoms with Crippen LogP contribution in [0.1, 0.15) is 23.6 Å². The Balaban J connectivity index is 1.79. The van der Waals surface area contributed by atoms with Crippen molar-refractivity contribution in [3.63, 3.8) is 0 Å². The second kappa shape index (κ2) is 7.51. The van der Waals surface area contributed by atoms with Crippen molar-refractivity contribution < 1.29 is 4.39 Å². The molecule has 136 valence electrons. The minimum absolute atomic E-state index is 0.0710. The summed E-state index contributed by atoms with van der Waals surface area (Å²) in [6.07, 6.45) is 0.649. The molecule has 6 heteroatoms. The summed E-state index contributed by atoms with van der Waals surface area (Å²) in [4.78, 5) is 0. The van der Waals surface area contributed by atoms with E-state index in [9.17, 15) is 4.39 Å². The Morgan fingerprint density at radius 1 is 0.852 bits per heavy atom. The van der Waals surface area contributed by atoms with Gasteiger partial charge in [0.1, 0.15) is 5.82 Å². The maximum atomic E-state index is 13.3. The maximum Gasteiger partial charge on any atom is 0.123 e. The van der Waals surface area contributed by atoms with Crippen molar-refractivity contribution in [2.45, 2.75) is 12.5 Å². The zero-order valence-corrected chi connectivity index (χ0v) is 16.3. The molecule has 0 bridgehead atoms. The number of benzene rings is 3. The van der Waals surface area contributed by atoms with Gasteiger partial charge in [-0.1, -0.05) is 59.1 Å². The molecule has 1 atom stereocenters. The quantitative estimate of drug-likeness (QED) is 0.440. The summed E-state index contributed by atoms with van der Waals surface area (Å²) in [5, 5.41) is 8.47. The molecule has 0 aliphatic carbocycles. The molecule has 1 aliphatic heterocycles. The summed E-state index contributed by atoms with van der Waals surface area (Å²) in [5.41, 5.74) is 3.50. The van der Waals surface area contributed by atoms with Crippen molar-refractivity contribution >= 4 is 46.2 Å². The van der Waals surface area contributed by atoms with E-state index in [1.165, 1.54) is 12.1 Å². The predicted octanol–water partition coefficient (Wildman–Crippen LogP) is 7.14. The molecule has 0 aromatic heterocycles. The van der Waals surface area contributed by atoms with Gasteiger partial charge in [-0.25, -0.2) is 4.39 Å². The number of rotatable bonds is 3. The van der Waals surface area contributed by atoms with Gasteiger partial charge in [-0.15, -0.1) is 0 Å². The molecule has 0 radical (unpaired) electrons. The van der Waals surface area contributed by atoms with E-state index in [0.29, 0.717) is 21.5 Å². The average molecular weight is 420 g/mol. The molecule has 0 saturated heterocycles. The molecule has 4 rings (SSSR count). The van der Waals surface area contributed by atoms with Crippen LogP contribution in [0.15, 0.2) is 71.8 Å². The summed E-state index contributed by atoms with van der Waals surface area (Å²) in [5.74, 6) is -0.277. The Hall–Kier alpha value is -2.07. The molecule has 2 nitrogen and oxygen atoms in total. The lowest BCUT2D eigenvalue weighted by molar-refractivity contribution is 0.627. The van der Waals surface area contributed by atoms with Crippen LogP contribution in [0.4, 0.5) is 10.1 Å². The Kier molecular flexibility index (Phi) is 5.09. The highest BCUT2D eigenvalue weighted by molar-refractivity contribution is 6.35. The minimum Gasteiger partial charge on any atom is -0.256 e. The number of anilines is 1. The number of nitrogens with zero attached hydrogens (tertiary/aromatic N) is 2. The molecule has 0 amide bonds. The molecule has 0 N–H and O–H groups in total. The van der Waals surface area contributed by atoms with E-state index in [1.54, 1.807) is 30.3 Å². The van der Waals surface area contributed by atoms with Crippen LogP contribution < -0.4 is 5.01 Å². The fourth-order valence-electron chi connectivity index (χ4n) is 3.16. The van der Waals surface area contributed by atoms with Gasteiger partial charge < -0.3 is 0 Å². The van der Waals surface area contributed by atoms with Crippen molar-refractivity contribution in [2.75, 3.05) is 5.01 Å². The molecule has 1 heterocycles. The zero-order valence-electron chi connectivity index (χ0n) is 14.0. The number of hydrogen-bond acceptors (Lipinski definition) is 2. The minimum atomic E-state index is -0.277. The van der Waals surface area contributed by atoms with Crippen LogP contribution in [0, 0.1) is 5.82 Å². The lowest BCUT2D eigenvalue weighted by atomic mass is 9.98. The fourth-order valence-corrected chi connectivity index (χ4v) is 3.65. The van der Waals surface area contributed by atoms with Gasteiger partial charge in [-0.2, -0.15) is 5.10 Å². The normalized spacial score (nSPS) is 16.5. The number of halogens is 4. The van der Waals surface area contributed by atoms with Gasteiger partial charge in [0.2, 0.25) is 0 Å². The Bertz CT molecular complexity index is 1000. The van der Waals surface area contributed by atoms with E-state index in [1.807, 2.05) is 29.3 Å². The Labute approximate surface area is 171 Å². The van der Waals surface area contributed by atoms with E-state index >= 15 is 0 Å². The van der Waals surface area contributed by atoms with E-state index in [4.69, 9.17) is 39.9 Å². The van der Waals surface area contributed by atoms with E-state index in [-0.39, 0.29) is 11.9 Å². The van der Waals surface area contributed by atoms with Crippen LogP contribution in [0.2, 0.25) is 15.1 Å². The van der Waals surface area contributed by atoms with E-state index in [0.717, 1.165) is 22.5 Å². The van der Waals surface area contributed by atoms with Gasteiger partial charge in [0.05, 0.1) is 22.5 Å². The summed E-state index contributed by atoms with van der Waals surface area (Å²) in [6, 6.07) is 19.2. The van der Waals surface area contributed by atoms with Gasteiger partial charge in [-0.05, 0) is 53.6 Å². The number of hydrazone groups is 1. The predicted molar refractivity (Wildman–Crippen MR) is 111 cm³/mol. The van der Waals surface area contributed by atoms with Gasteiger partial charge in [0.15, 0.2) is 0 Å². The fraction of sp³-hybridized carbons (Fsp3) is 0.0952. The first-order valence-electron chi connectivity index (χ1n) is 8.34. The first-order valence-corrected chi connectivity index (χ1v) is 9.48. The van der Waals surface area contributed by atoms with Crippen molar-refractivity contribution in [3.05, 3.63) is 98.7 Å². The molecule has 0 spiro atoms. The van der Waals surface area contributed by atoms with Crippen LogP contribution in [0.25, 0.3) is 0 Å². The van der Waals surface area contributed by atoms with Crippen LogP contribution in [-0.4, -0.2) is 5.71 Å². The third kappa shape index (κ3) is 3.81. The van der Waals surface area contributed by atoms with Crippen molar-refractivity contribution in [1.82, 2.24) is 0 Å². The second-order valence-corrected chi connectivity index (χ2v) is 7.55. The first-order chi connectivity index (χ1) is 13.0. The highest BCUT2D eigenvalue weighted by atomic mass is 35.5. The molecular weight excluding hydrogens is 406 g/mol. The van der Waals surface area contributed by atoms with Gasteiger partial charge in [-0.3, -0.25) is 5.01 Å². The SMILES string of the molecule is Fc1ccc(C2=NN(c3cc(Cl)ccc3Cl)[C@@H](c3ccc(Cl)cc3)C2)cc1. The monoisotopic (exact) mass is 418 g/mol. The largest absolute Gasteiger partial charge is 0.256 e. The third-order valence-electron chi connectivity index (χ3n) is 4.50. The highest BCUT2D eigenvalue weighted by Crippen LogP contribution is 2.41. The summed E-state index contributed by atoms with van der Waals surface area (Å²) < 4.78 is 13.3. The lowest BCUT2D eigenvalue weighted by Gasteiger charge is -2.25. The summed E-state index contributed by atoms with van der Waals surface area (Å²) in [6.45, 7) is 0. The summed E-state index contributed by atoms with van der Waals surface area (Å²) >= 11 is 18.7. The molecule has 0 fully saturated rings. The number of hydrogen-bond donors (Lipinski definition) is 0. The molecule has 0 unspecified atom stereocenters. The maximum absolute atomic E-state index is 13.3. The van der Waals surface area contributed by atoms with E-state index in [2.05, 4.69) is 0 Å². The van der Waals surface area contributed by atoms with Gasteiger partial charge >= 0.3 is 0 Å². The molecule has 3 aromatic rings. The summed E-state index contributed by atoms with van der Waals surface area (Å²) in [7, 11) is 0. The van der Waals surface area contributed by atoms with Crippen molar-refractivity contribution in [1.29, 1.82) is 0 Å². The molecular formula is C21H14Cl3FN2. The highest BCUT2D eigenvalue weighted by Gasteiger charge is 2.31. The second-order valence-electron chi connectivity index (χ2n) is 6.27. The lowest BCUT2D eigenvalue weighted by Crippen LogP contribution is -2.18. The van der Waals surface area contributed by atoms with E-state index < -0.39 is 0 Å². The molecule has 27 heavy (non-hydrogen) atoms. The van der Waals surface area contributed by atoms with Gasteiger partial charge in [0, 0.05) is 16.5 Å². The van der Waals surface area contributed by atoms with Crippen LogP contribution in [-0.2, 0) is 0 Å². The average Bonchev–Trinajstić information content (AvgIpc) is 3.10. The Morgan fingerprint density at radius 3 is 2.22 bits per heavy atom. The molecule has 0 saturated carbocycles. The van der Waals surface area contributed by atoms with Gasteiger partial charge in [0.25, 0.3) is 0 Å². The van der Waals surface area contributed by atoms with Crippen LogP contribution in [0.3, 0.4) is 0 Å². The smallest absolute Gasteiger partial charge is 0.123 e. The zero-order chi connectivity index (χ0) is 19.0. The molecule has 1 aliphatic rings. The standard InChI is InChI=1S/C21H14Cl3FN2/c22-15-5-1-14(2-6-15)20-12-19(13-3-8-17(25)9-4-13)26-27(20)21-11-16(23)7-10-18(21)24/h1-11,20H,12H2/t20-/m1/s1. The Morgan fingerprint density at radius 2 is 1.52 bits per heavy atom. The first kappa shape index (κ1) is 18.3. The van der Waals surface area contributed by atoms with Crippen molar-refractivity contribution in [3.8, 4) is 0 Å².